The Morgan fingerprint density at radius 1 is 1.20 bits per heavy atom. The summed E-state index contributed by atoms with van der Waals surface area (Å²) in [5.41, 5.74) is 0. The molecule has 86 valence electrons. The number of hydrogen-bond acceptors (Lipinski definition) is 4. The van der Waals surface area contributed by atoms with Gasteiger partial charge < -0.3 is 4.74 Å². The first-order chi connectivity index (χ1) is 6.67. The van der Waals surface area contributed by atoms with E-state index >= 15 is 0 Å². The van der Waals surface area contributed by atoms with Crippen LogP contribution in [0.25, 0.3) is 0 Å². The summed E-state index contributed by atoms with van der Waals surface area (Å²) in [5, 5.41) is 0.785. The van der Waals surface area contributed by atoms with Crippen LogP contribution in [-0.4, -0.2) is 31.1 Å². The van der Waals surface area contributed by atoms with E-state index in [2.05, 4.69) is 9.73 Å². The minimum Gasteiger partial charge on any atom is -0.452 e. The maximum Gasteiger partial charge on any atom is 0.506 e. The molecule has 0 fully saturated rings. The third-order valence-corrected chi connectivity index (χ3v) is 1.11. The first-order valence-corrected chi connectivity index (χ1v) is 3.36. The summed E-state index contributed by atoms with van der Waals surface area (Å²) in [6.07, 6.45) is -9.90. The van der Waals surface area contributed by atoms with Crippen molar-refractivity contribution in [3.05, 3.63) is 0 Å². The highest BCUT2D eigenvalue weighted by Gasteiger charge is 2.36. The molecule has 0 saturated carbocycles. The van der Waals surface area contributed by atoms with E-state index in [1.807, 2.05) is 4.99 Å². The second-order valence-corrected chi connectivity index (χ2v) is 2.29. The molecule has 10 heteroatoms. The highest BCUT2D eigenvalue weighted by molar-refractivity contribution is 6.39. The number of nitrogens with one attached hydrogen (secondary N) is 1. The van der Waals surface area contributed by atoms with E-state index in [1.165, 1.54) is 0 Å². The van der Waals surface area contributed by atoms with Crippen molar-refractivity contribution in [2.24, 2.45) is 9.98 Å². The number of halogens is 6. The molecule has 0 aromatic heterocycles. The molecule has 15 heavy (non-hydrogen) atoms. The molecule has 1 aliphatic rings. The molecule has 1 heterocycles. The summed E-state index contributed by atoms with van der Waals surface area (Å²) in [6.45, 7) is -0.632. The Morgan fingerprint density at radius 2 is 1.80 bits per heavy atom. The normalized spacial score (nSPS) is 20.1. The van der Waals surface area contributed by atoms with Gasteiger partial charge in [-0.15, -0.1) is 18.2 Å². The van der Waals surface area contributed by atoms with Gasteiger partial charge in [-0.1, -0.05) is 0 Å². The maximum absolute atomic E-state index is 11.7. The molecule has 0 aromatic carbocycles. The summed E-state index contributed by atoms with van der Waals surface area (Å²) >= 11 is 0. The lowest BCUT2D eigenvalue weighted by Gasteiger charge is -2.09. The number of hydrogen-bond donors (Lipinski definition) is 1. The smallest absolute Gasteiger partial charge is 0.452 e. The third kappa shape index (κ3) is 4.04. The van der Waals surface area contributed by atoms with Crippen molar-refractivity contribution < 1.29 is 31.1 Å². The Hall–Kier alpha value is -1.48. The maximum atomic E-state index is 11.7. The van der Waals surface area contributed by atoms with E-state index in [0.717, 1.165) is 5.32 Å². The van der Waals surface area contributed by atoms with Crippen molar-refractivity contribution in [1.82, 2.24) is 5.32 Å². The first-order valence-electron chi connectivity index (χ1n) is 3.36. The molecule has 0 atom stereocenters. The van der Waals surface area contributed by atoms with Crippen LogP contribution in [0.4, 0.5) is 26.3 Å². The Kier molecular flexibility index (Phi) is 2.77. The summed E-state index contributed by atoms with van der Waals surface area (Å²) < 4.78 is 74.4. The number of alkyl halides is 6. The van der Waals surface area contributed by atoms with Gasteiger partial charge in [0.05, 0.1) is 0 Å². The molecule has 1 aliphatic heterocycles. The largest absolute Gasteiger partial charge is 0.506 e. The zero-order valence-electron chi connectivity index (χ0n) is 6.78. The summed E-state index contributed by atoms with van der Waals surface area (Å²) in [7, 11) is 0. The fourth-order valence-electron chi connectivity index (χ4n) is 0.722. The first kappa shape index (κ1) is 11.6. The highest BCUT2D eigenvalue weighted by Crippen LogP contribution is 2.19. The van der Waals surface area contributed by atoms with Crippen LogP contribution in [-0.2, 0) is 4.74 Å². The predicted octanol–water partition coefficient (Wildman–Crippen LogP) is 1.40. The lowest BCUT2D eigenvalue weighted by molar-refractivity contribution is -0.141. The SMILES string of the molecule is FC(F)(F)N=C1OCN=C1NC(F)(F)F. The van der Waals surface area contributed by atoms with E-state index in [0.29, 0.717) is 0 Å². The topological polar surface area (TPSA) is 46.0 Å². The van der Waals surface area contributed by atoms with Gasteiger partial charge in [0.15, 0.2) is 12.6 Å². The van der Waals surface area contributed by atoms with Crippen molar-refractivity contribution in [2.75, 3.05) is 6.73 Å². The van der Waals surface area contributed by atoms with Crippen LogP contribution < -0.4 is 5.32 Å². The second kappa shape index (κ2) is 3.59. The Morgan fingerprint density at radius 3 is 2.27 bits per heavy atom. The zero-order chi connectivity index (χ0) is 11.7. The van der Waals surface area contributed by atoms with E-state index in [9.17, 15) is 26.3 Å². The molecule has 1 rings (SSSR count). The molecular formula is C5H3F6N3O. The Balaban J connectivity index is 2.78. The van der Waals surface area contributed by atoms with Crippen LogP contribution >= 0.6 is 0 Å². The van der Waals surface area contributed by atoms with Crippen LogP contribution in [0.1, 0.15) is 0 Å². The quantitative estimate of drug-likeness (QED) is 0.509. The molecular weight excluding hydrogens is 232 g/mol. The number of ether oxygens (including phenoxy) is 1. The van der Waals surface area contributed by atoms with E-state index in [4.69, 9.17) is 0 Å². The van der Waals surface area contributed by atoms with Gasteiger partial charge in [0.2, 0.25) is 0 Å². The van der Waals surface area contributed by atoms with Crippen molar-refractivity contribution in [3.8, 4) is 0 Å². The van der Waals surface area contributed by atoms with E-state index in [1.54, 1.807) is 0 Å². The Labute approximate surface area is 78.6 Å². The molecule has 1 N–H and O–H groups in total. The van der Waals surface area contributed by atoms with Crippen molar-refractivity contribution in [1.29, 1.82) is 0 Å². The molecule has 0 unspecified atom stereocenters. The standard InChI is InChI=1S/C5H3F6N3O/c6-4(7,8)13-2-3(15-1-12-2)14-5(9,10)11/h1H2,(H,12,13). The molecule has 0 bridgehead atoms. The fraction of sp³-hybridized carbons (Fsp3) is 0.600. The molecule has 4 nitrogen and oxygen atoms in total. The number of aliphatic imine (C=N–C) groups is 2. The van der Waals surface area contributed by atoms with Crippen molar-refractivity contribution in [2.45, 2.75) is 12.6 Å². The zero-order valence-corrected chi connectivity index (χ0v) is 6.78. The van der Waals surface area contributed by atoms with Crippen LogP contribution in [0.2, 0.25) is 0 Å². The van der Waals surface area contributed by atoms with E-state index in [-0.39, 0.29) is 0 Å². The molecule has 0 saturated heterocycles. The van der Waals surface area contributed by atoms with Crippen LogP contribution in [0, 0.1) is 0 Å². The van der Waals surface area contributed by atoms with Gasteiger partial charge in [0.25, 0.3) is 5.90 Å². The third-order valence-electron chi connectivity index (χ3n) is 1.11. The van der Waals surface area contributed by atoms with Gasteiger partial charge in [0, 0.05) is 0 Å². The highest BCUT2D eigenvalue weighted by atomic mass is 19.4. The average molecular weight is 235 g/mol. The molecule has 0 aliphatic carbocycles. The van der Waals surface area contributed by atoms with Gasteiger partial charge in [0.1, 0.15) is 0 Å². The minimum atomic E-state index is -5.01. The van der Waals surface area contributed by atoms with E-state index < -0.39 is 31.1 Å². The number of amidine groups is 1. The van der Waals surface area contributed by atoms with Crippen LogP contribution in [0.15, 0.2) is 9.98 Å². The number of nitrogens with zero attached hydrogens (tertiary/aromatic N) is 2. The van der Waals surface area contributed by atoms with Crippen LogP contribution in [0.3, 0.4) is 0 Å². The van der Waals surface area contributed by atoms with Gasteiger partial charge in [-0.2, -0.15) is 13.2 Å². The molecule has 0 amide bonds. The number of rotatable bonds is 0. The minimum absolute atomic E-state index is 0.632. The van der Waals surface area contributed by atoms with Gasteiger partial charge in [-0.25, -0.2) is 4.99 Å². The lowest BCUT2D eigenvalue weighted by Crippen LogP contribution is -2.40. The summed E-state index contributed by atoms with van der Waals surface area (Å²) in [6, 6.07) is 0. The summed E-state index contributed by atoms with van der Waals surface area (Å²) in [4.78, 5) is 4.99. The fourth-order valence-corrected chi connectivity index (χ4v) is 0.722. The van der Waals surface area contributed by atoms with Crippen molar-refractivity contribution in [3.63, 3.8) is 0 Å². The van der Waals surface area contributed by atoms with Gasteiger partial charge in [-0.3, -0.25) is 5.32 Å². The van der Waals surface area contributed by atoms with Gasteiger partial charge in [-0.05, 0) is 0 Å². The predicted molar refractivity (Wildman–Crippen MR) is 36.1 cm³/mol. The summed E-state index contributed by atoms with van der Waals surface area (Å²) in [5.74, 6) is -2.31. The monoisotopic (exact) mass is 235 g/mol. The van der Waals surface area contributed by atoms with Crippen LogP contribution in [0.5, 0.6) is 0 Å². The average Bonchev–Trinajstić information content (AvgIpc) is 2.29. The molecule has 0 spiro atoms. The lowest BCUT2D eigenvalue weighted by atomic mass is 10.6. The Bertz CT molecular complexity index is 303. The van der Waals surface area contributed by atoms with Gasteiger partial charge >= 0.3 is 12.6 Å². The molecule has 0 radical (unpaired) electrons. The molecule has 0 aromatic rings. The van der Waals surface area contributed by atoms with Crippen molar-refractivity contribution >= 4 is 11.7 Å². The second-order valence-electron chi connectivity index (χ2n) is 2.29.